The first-order valence-electron chi connectivity index (χ1n) is 7.60. The Balaban J connectivity index is 1.62. The number of nitrogens with one attached hydrogen (secondary N) is 3. The predicted molar refractivity (Wildman–Crippen MR) is 86.8 cm³/mol. The molecule has 4 heteroatoms. The van der Waals surface area contributed by atoms with Gasteiger partial charge >= 0.3 is 0 Å². The first kappa shape index (κ1) is 14.8. The Morgan fingerprint density at radius 2 is 1.86 bits per heavy atom. The molecular formula is C18H21N3O. The van der Waals surface area contributed by atoms with Gasteiger partial charge in [-0.1, -0.05) is 60.2 Å². The molecule has 1 saturated heterocycles. The van der Waals surface area contributed by atoms with E-state index >= 15 is 0 Å². The van der Waals surface area contributed by atoms with Crippen LogP contribution in [0.25, 0.3) is 0 Å². The molecule has 0 bridgehead atoms. The average molecular weight is 295 g/mol. The van der Waals surface area contributed by atoms with Crippen molar-refractivity contribution in [2.75, 3.05) is 6.54 Å². The van der Waals surface area contributed by atoms with E-state index in [0.29, 0.717) is 13.1 Å². The third-order valence-corrected chi connectivity index (χ3v) is 4.06. The number of rotatable bonds is 4. The summed E-state index contributed by atoms with van der Waals surface area (Å²) in [6.07, 6.45) is 0. The fraction of sp³-hybridized carbons (Fsp3) is 0.278. The normalized spacial score (nSPS) is 20.8. The largest absolute Gasteiger partial charge is 0.352 e. The lowest BCUT2D eigenvalue weighted by Gasteiger charge is -2.18. The van der Waals surface area contributed by atoms with Crippen molar-refractivity contribution in [2.24, 2.45) is 5.92 Å². The molecule has 0 saturated carbocycles. The highest BCUT2D eigenvalue weighted by Crippen LogP contribution is 2.24. The lowest BCUT2D eigenvalue weighted by Crippen LogP contribution is -2.34. The van der Waals surface area contributed by atoms with Gasteiger partial charge in [0.25, 0.3) is 0 Å². The zero-order valence-electron chi connectivity index (χ0n) is 12.7. The Morgan fingerprint density at radius 1 is 1.14 bits per heavy atom. The van der Waals surface area contributed by atoms with Gasteiger partial charge in [-0.25, -0.2) is 5.43 Å². The van der Waals surface area contributed by atoms with Crippen LogP contribution in [0.5, 0.6) is 0 Å². The van der Waals surface area contributed by atoms with E-state index in [0.717, 1.165) is 11.1 Å². The van der Waals surface area contributed by atoms with Gasteiger partial charge in [0.15, 0.2) is 0 Å². The Kier molecular flexibility index (Phi) is 4.51. The van der Waals surface area contributed by atoms with Gasteiger partial charge in [0, 0.05) is 13.1 Å². The van der Waals surface area contributed by atoms with Crippen molar-refractivity contribution in [3.05, 3.63) is 71.3 Å². The molecule has 2 aromatic carbocycles. The smallest absolute Gasteiger partial charge is 0.226 e. The second-order valence-electron chi connectivity index (χ2n) is 5.72. The predicted octanol–water partition coefficient (Wildman–Crippen LogP) is 2.08. The molecule has 1 aliphatic heterocycles. The van der Waals surface area contributed by atoms with Crippen LogP contribution in [0.4, 0.5) is 0 Å². The molecule has 0 radical (unpaired) electrons. The molecule has 0 aliphatic carbocycles. The molecule has 2 atom stereocenters. The highest BCUT2D eigenvalue weighted by Gasteiger charge is 2.33. The maximum Gasteiger partial charge on any atom is 0.226 e. The quantitative estimate of drug-likeness (QED) is 0.809. The monoisotopic (exact) mass is 295 g/mol. The number of hydrazine groups is 1. The Hall–Kier alpha value is -2.17. The van der Waals surface area contributed by atoms with Crippen molar-refractivity contribution in [2.45, 2.75) is 19.5 Å². The Labute approximate surface area is 130 Å². The summed E-state index contributed by atoms with van der Waals surface area (Å²) in [6.45, 7) is 3.26. The fourth-order valence-corrected chi connectivity index (χ4v) is 2.74. The van der Waals surface area contributed by atoms with E-state index in [-0.39, 0.29) is 17.9 Å². The number of hydrogen-bond donors (Lipinski definition) is 3. The van der Waals surface area contributed by atoms with Crippen molar-refractivity contribution in [1.82, 2.24) is 16.2 Å². The first-order valence-corrected chi connectivity index (χ1v) is 7.60. The molecule has 0 spiro atoms. The summed E-state index contributed by atoms with van der Waals surface area (Å²) >= 11 is 0. The summed E-state index contributed by atoms with van der Waals surface area (Å²) in [6, 6.07) is 18.3. The van der Waals surface area contributed by atoms with Crippen molar-refractivity contribution in [3.63, 3.8) is 0 Å². The van der Waals surface area contributed by atoms with Crippen molar-refractivity contribution in [1.29, 1.82) is 0 Å². The van der Waals surface area contributed by atoms with E-state index in [1.807, 2.05) is 30.3 Å². The number of carbonyl (C=O) groups excluding carboxylic acids is 1. The number of hydrogen-bond acceptors (Lipinski definition) is 3. The minimum atomic E-state index is -0.104. The van der Waals surface area contributed by atoms with Gasteiger partial charge in [0.05, 0.1) is 12.0 Å². The summed E-state index contributed by atoms with van der Waals surface area (Å²) in [5, 5.41) is 3.04. The average Bonchev–Trinajstić information content (AvgIpc) is 3.04. The highest BCUT2D eigenvalue weighted by molar-refractivity contribution is 5.80. The van der Waals surface area contributed by atoms with Crippen molar-refractivity contribution >= 4 is 5.91 Å². The molecule has 1 heterocycles. The lowest BCUT2D eigenvalue weighted by molar-refractivity contribution is -0.125. The zero-order valence-corrected chi connectivity index (χ0v) is 12.7. The fourth-order valence-electron chi connectivity index (χ4n) is 2.74. The van der Waals surface area contributed by atoms with Crippen LogP contribution in [-0.2, 0) is 11.3 Å². The Bertz CT molecular complexity index is 625. The number of carbonyl (C=O) groups is 1. The summed E-state index contributed by atoms with van der Waals surface area (Å²) in [7, 11) is 0. The van der Waals surface area contributed by atoms with Crippen LogP contribution in [0.15, 0.2) is 54.6 Å². The van der Waals surface area contributed by atoms with Gasteiger partial charge in [-0.3, -0.25) is 10.2 Å². The van der Waals surface area contributed by atoms with Crippen LogP contribution >= 0.6 is 0 Å². The molecule has 2 unspecified atom stereocenters. The van der Waals surface area contributed by atoms with Gasteiger partial charge in [-0.05, 0) is 18.1 Å². The van der Waals surface area contributed by atoms with Crippen LogP contribution in [0.3, 0.4) is 0 Å². The van der Waals surface area contributed by atoms with Crippen molar-refractivity contribution in [3.8, 4) is 0 Å². The third-order valence-electron chi connectivity index (χ3n) is 4.06. The van der Waals surface area contributed by atoms with Gasteiger partial charge in [0.2, 0.25) is 5.91 Å². The summed E-state index contributed by atoms with van der Waals surface area (Å²) in [4.78, 5) is 12.5. The van der Waals surface area contributed by atoms with Gasteiger partial charge in [-0.2, -0.15) is 0 Å². The summed E-state index contributed by atoms with van der Waals surface area (Å²) < 4.78 is 0. The topological polar surface area (TPSA) is 53.2 Å². The SMILES string of the molecule is Cc1ccc(CNC(=O)C2CNNC2c2ccccc2)cc1. The molecule has 114 valence electrons. The van der Waals surface area contributed by atoms with E-state index in [1.54, 1.807) is 0 Å². The van der Waals surface area contributed by atoms with Crippen LogP contribution < -0.4 is 16.2 Å². The number of aryl methyl sites for hydroxylation is 1. The second-order valence-corrected chi connectivity index (χ2v) is 5.72. The minimum Gasteiger partial charge on any atom is -0.352 e. The molecule has 3 rings (SSSR count). The van der Waals surface area contributed by atoms with E-state index in [4.69, 9.17) is 0 Å². The maximum atomic E-state index is 12.5. The molecule has 3 N–H and O–H groups in total. The lowest BCUT2D eigenvalue weighted by atomic mass is 9.94. The summed E-state index contributed by atoms with van der Waals surface area (Å²) in [5.41, 5.74) is 9.77. The minimum absolute atomic E-state index is 0.0132. The Morgan fingerprint density at radius 3 is 2.59 bits per heavy atom. The second kappa shape index (κ2) is 6.73. The van der Waals surface area contributed by atoms with E-state index in [1.165, 1.54) is 5.56 Å². The standard InChI is InChI=1S/C18H21N3O/c1-13-7-9-14(10-8-13)11-19-18(22)16-12-20-21-17(16)15-5-3-2-4-6-15/h2-10,16-17,20-21H,11-12H2,1H3,(H,19,22). The van der Waals surface area contributed by atoms with Crippen LogP contribution in [-0.4, -0.2) is 12.5 Å². The summed E-state index contributed by atoms with van der Waals surface area (Å²) in [5.74, 6) is -0.0280. The van der Waals surface area contributed by atoms with Gasteiger partial charge in [0.1, 0.15) is 0 Å². The van der Waals surface area contributed by atoms with E-state index in [2.05, 4.69) is 47.4 Å². The van der Waals surface area contributed by atoms with Gasteiger partial charge in [-0.15, -0.1) is 0 Å². The van der Waals surface area contributed by atoms with Gasteiger partial charge < -0.3 is 5.32 Å². The molecule has 1 fully saturated rings. The first-order chi connectivity index (χ1) is 10.7. The third kappa shape index (κ3) is 3.35. The zero-order chi connectivity index (χ0) is 15.4. The molecule has 22 heavy (non-hydrogen) atoms. The van der Waals surface area contributed by atoms with Crippen molar-refractivity contribution < 1.29 is 4.79 Å². The molecule has 4 nitrogen and oxygen atoms in total. The molecule has 1 amide bonds. The number of amides is 1. The molecule has 1 aliphatic rings. The number of benzene rings is 2. The highest BCUT2D eigenvalue weighted by atomic mass is 16.2. The van der Waals surface area contributed by atoms with E-state index in [9.17, 15) is 4.79 Å². The molecule has 2 aromatic rings. The van der Waals surface area contributed by atoms with Crippen LogP contribution in [0.2, 0.25) is 0 Å². The maximum absolute atomic E-state index is 12.5. The van der Waals surface area contributed by atoms with Crippen LogP contribution in [0.1, 0.15) is 22.7 Å². The molecular weight excluding hydrogens is 274 g/mol. The van der Waals surface area contributed by atoms with E-state index < -0.39 is 0 Å². The molecule has 0 aromatic heterocycles. The van der Waals surface area contributed by atoms with Crippen LogP contribution in [0, 0.1) is 12.8 Å².